The maximum absolute atomic E-state index is 12.5. The van der Waals surface area contributed by atoms with E-state index in [9.17, 15) is 9.90 Å². The number of morpholine rings is 1. The van der Waals surface area contributed by atoms with Crippen molar-refractivity contribution in [1.29, 1.82) is 0 Å². The summed E-state index contributed by atoms with van der Waals surface area (Å²) < 4.78 is 11.3. The Morgan fingerprint density at radius 3 is 2.51 bits per heavy atom. The predicted octanol–water partition coefficient (Wildman–Crippen LogP) is 3.89. The smallest absolute Gasteiger partial charge is 0.343 e. The number of hydrogen-bond acceptors (Lipinski definition) is 7. The van der Waals surface area contributed by atoms with Crippen molar-refractivity contribution in [3.63, 3.8) is 0 Å². The third-order valence-electron chi connectivity index (χ3n) is 6.79. The standard InChI is InChI=1S/C27H30ClN3O4/c28-22-7-4-8-23(15-22)31-11-9-29(10-12-31)16-21-19-35-27(33)24(26(21)32)17-30-13-14-34-25(18-30)20-5-2-1-3-6-20/h1-8,15,19,25,32H,9-14,16-18H2/t25-/m1/s1. The molecule has 0 radical (unpaired) electrons. The van der Waals surface area contributed by atoms with Crippen LogP contribution in [0.1, 0.15) is 22.8 Å². The van der Waals surface area contributed by atoms with E-state index >= 15 is 0 Å². The Labute approximate surface area is 210 Å². The fourth-order valence-electron chi connectivity index (χ4n) is 4.81. The van der Waals surface area contributed by atoms with Gasteiger partial charge < -0.3 is 19.2 Å². The Balaban J connectivity index is 1.23. The lowest BCUT2D eigenvalue weighted by Crippen LogP contribution is -2.46. The number of anilines is 1. The van der Waals surface area contributed by atoms with E-state index in [0.717, 1.165) is 42.5 Å². The van der Waals surface area contributed by atoms with Gasteiger partial charge in [-0.1, -0.05) is 48.0 Å². The van der Waals surface area contributed by atoms with Crippen LogP contribution in [0.3, 0.4) is 0 Å². The summed E-state index contributed by atoms with van der Waals surface area (Å²) in [6.45, 7) is 6.17. The second kappa shape index (κ2) is 10.8. The van der Waals surface area contributed by atoms with Gasteiger partial charge in [-0.05, 0) is 23.8 Å². The van der Waals surface area contributed by atoms with Gasteiger partial charge >= 0.3 is 5.63 Å². The van der Waals surface area contributed by atoms with Gasteiger partial charge in [-0.3, -0.25) is 9.80 Å². The Bertz CT molecular complexity index is 1190. The summed E-state index contributed by atoms with van der Waals surface area (Å²) in [5, 5.41) is 11.7. The number of ether oxygens (including phenoxy) is 1. The van der Waals surface area contributed by atoms with Gasteiger partial charge in [-0.15, -0.1) is 0 Å². The zero-order valence-corrected chi connectivity index (χ0v) is 20.4. The molecule has 2 aromatic carbocycles. The van der Waals surface area contributed by atoms with Crippen LogP contribution in [0.2, 0.25) is 5.02 Å². The molecule has 2 aliphatic heterocycles. The minimum absolute atomic E-state index is 0.0428. The fourth-order valence-corrected chi connectivity index (χ4v) is 5.00. The average Bonchev–Trinajstić information content (AvgIpc) is 2.89. The molecule has 1 N–H and O–H groups in total. The van der Waals surface area contributed by atoms with Gasteiger partial charge in [0.15, 0.2) is 0 Å². The predicted molar refractivity (Wildman–Crippen MR) is 136 cm³/mol. The maximum atomic E-state index is 12.5. The highest BCUT2D eigenvalue weighted by molar-refractivity contribution is 6.30. The molecule has 184 valence electrons. The summed E-state index contributed by atoms with van der Waals surface area (Å²) in [5.41, 5.74) is 2.70. The van der Waals surface area contributed by atoms with Gasteiger partial charge in [0.2, 0.25) is 0 Å². The molecule has 5 rings (SSSR count). The molecule has 2 aliphatic rings. The fraction of sp³-hybridized carbons (Fsp3) is 0.370. The number of halogens is 1. The van der Waals surface area contributed by atoms with E-state index < -0.39 is 5.63 Å². The first-order chi connectivity index (χ1) is 17.1. The molecule has 35 heavy (non-hydrogen) atoms. The van der Waals surface area contributed by atoms with Crippen molar-refractivity contribution < 1.29 is 14.3 Å². The molecule has 0 aliphatic carbocycles. The second-order valence-electron chi connectivity index (χ2n) is 9.12. The second-order valence-corrected chi connectivity index (χ2v) is 9.56. The lowest BCUT2D eigenvalue weighted by molar-refractivity contribution is -0.0334. The zero-order valence-electron chi connectivity index (χ0n) is 19.6. The summed E-state index contributed by atoms with van der Waals surface area (Å²) in [6.07, 6.45) is 1.34. The van der Waals surface area contributed by atoms with Gasteiger partial charge in [-0.2, -0.15) is 0 Å². The molecule has 3 heterocycles. The first-order valence-electron chi connectivity index (χ1n) is 12.0. The van der Waals surface area contributed by atoms with Gasteiger partial charge in [0.25, 0.3) is 0 Å². The first-order valence-corrected chi connectivity index (χ1v) is 12.4. The van der Waals surface area contributed by atoms with Gasteiger partial charge in [0, 0.05) is 68.6 Å². The van der Waals surface area contributed by atoms with Crippen molar-refractivity contribution in [2.75, 3.05) is 50.8 Å². The lowest BCUT2D eigenvalue weighted by atomic mass is 10.1. The summed E-state index contributed by atoms with van der Waals surface area (Å²) in [5.74, 6) is 0.0428. The molecule has 0 spiro atoms. The lowest BCUT2D eigenvalue weighted by Gasteiger charge is -2.36. The number of aromatic hydroxyl groups is 1. The first kappa shape index (κ1) is 23.9. The van der Waals surface area contributed by atoms with Gasteiger partial charge in [0.1, 0.15) is 12.0 Å². The average molecular weight is 496 g/mol. The molecule has 7 nitrogen and oxygen atoms in total. The quantitative estimate of drug-likeness (QED) is 0.556. The molecular weight excluding hydrogens is 466 g/mol. The highest BCUT2D eigenvalue weighted by Crippen LogP contribution is 2.27. The van der Waals surface area contributed by atoms with Crippen LogP contribution in [0.15, 0.2) is 70.1 Å². The van der Waals surface area contributed by atoms with Crippen LogP contribution in [0.25, 0.3) is 0 Å². The van der Waals surface area contributed by atoms with E-state index in [4.69, 9.17) is 20.8 Å². The molecule has 2 saturated heterocycles. The minimum Gasteiger partial charge on any atom is -0.507 e. The highest BCUT2D eigenvalue weighted by Gasteiger charge is 2.26. The van der Waals surface area contributed by atoms with Crippen LogP contribution in [0, 0.1) is 0 Å². The summed E-state index contributed by atoms with van der Waals surface area (Å²) in [6, 6.07) is 18.0. The minimum atomic E-state index is -0.486. The summed E-state index contributed by atoms with van der Waals surface area (Å²) >= 11 is 6.14. The van der Waals surface area contributed by atoms with Crippen molar-refractivity contribution in [1.82, 2.24) is 9.80 Å². The number of nitrogens with zero attached hydrogens (tertiary/aromatic N) is 3. The molecule has 1 atom stereocenters. The van der Waals surface area contributed by atoms with Gasteiger partial charge in [0.05, 0.1) is 18.3 Å². The SMILES string of the molecule is O=c1occ(CN2CCN(c3cccc(Cl)c3)CC2)c(O)c1CN1CCO[C@@H](c2ccccc2)C1. The van der Waals surface area contributed by atoms with Crippen molar-refractivity contribution >= 4 is 17.3 Å². The molecule has 3 aromatic rings. The van der Waals surface area contributed by atoms with E-state index in [1.54, 1.807) is 0 Å². The number of piperazine rings is 1. The van der Waals surface area contributed by atoms with Crippen LogP contribution in [-0.4, -0.2) is 60.8 Å². The van der Waals surface area contributed by atoms with E-state index in [1.165, 1.54) is 6.26 Å². The molecule has 1 aromatic heterocycles. The number of hydrogen-bond donors (Lipinski definition) is 1. The number of rotatable bonds is 6. The summed E-state index contributed by atoms with van der Waals surface area (Å²) in [7, 11) is 0. The molecule has 0 saturated carbocycles. The van der Waals surface area contributed by atoms with E-state index in [2.05, 4.69) is 20.8 Å². The van der Waals surface area contributed by atoms with Gasteiger partial charge in [-0.25, -0.2) is 4.79 Å². The normalized spacial score (nSPS) is 19.7. The third kappa shape index (κ3) is 5.70. The Hall–Kier alpha value is -2.84. The Morgan fingerprint density at radius 1 is 0.943 bits per heavy atom. The van der Waals surface area contributed by atoms with Crippen LogP contribution in [0.4, 0.5) is 5.69 Å². The molecule has 0 bridgehead atoms. The molecule has 0 amide bonds. The van der Waals surface area contributed by atoms with Crippen molar-refractivity contribution in [3.05, 3.63) is 93.0 Å². The third-order valence-corrected chi connectivity index (χ3v) is 7.02. The molecular formula is C27H30ClN3O4. The zero-order chi connectivity index (χ0) is 24.2. The largest absolute Gasteiger partial charge is 0.507 e. The topological polar surface area (TPSA) is 69.4 Å². The van der Waals surface area contributed by atoms with Crippen LogP contribution in [0.5, 0.6) is 5.75 Å². The van der Waals surface area contributed by atoms with Crippen molar-refractivity contribution in [3.8, 4) is 5.75 Å². The van der Waals surface area contributed by atoms with E-state index in [0.29, 0.717) is 43.9 Å². The van der Waals surface area contributed by atoms with E-state index in [-0.39, 0.29) is 11.9 Å². The monoisotopic (exact) mass is 495 g/mol. The highest BCUT2D eigenvalue weighted by atomic mass is 35.5. The van der Waals surface area contributed by atoms with Crippen molar-refractivity contribution in [2.24, 2.45) is 0 Å². The molecule has 0 unspecified atom stereocenters. The van der Waals surface area contributed by atoms with Crippen LogP contribution >= 0.6 is 11.6 Å². The molecule has 8 heteroatoms. The van der Waals surface area contributed by atoms with Crippen LogP contribution in [-0.2, 0) is 17.8 Å². The van der Waals surface area contributed by atoms with Crippen molar-refractivity contribution in [2.45, 2.75) is 19.2 Å². The Kier molecular flexibility index (Phi) is 7.39. The molecule has 2 fully saturated rings. The summed E-state index contributed by atoms with van der Waals surface area (Å²) in [4.78, 5) is 19.2. The Morgan fingerprint density at radius 2 is 1.74 bits per heavy atom. The van der Waals surface area contributed by atoms with Crippen LogP contribution < -0.4 is 10.5 Å². The maximum Gasteiger partial charge on any atom is 0.343 e. The van der Waals surface area contributed by atoms with E-state index in [1.807, 2.05) is 48.5 Å². The number of benzene rings is 2.